The molecule has 21 heavy (non-hydrogen) atoms. The first kappa shape index (κ1) is 16.1. The van der Waals surface area contributed by atoms with Gasteiger partial charge in [-0.2, -0.15) is 0 Å². The molecule has 0 spiro atoms. The van der Waals surface area contributed by atoms with Crippen LogP contribution in [0, 0.1) is 0 Å². The molecular weight excluding hydrogens is 262 g/mol. The molecule has 0 radical (unpaired) electrons. The molecule has 2 rings (SSSR count). The van der Waals surface area contributed by atoms with Gasteiger partial charge in [-0.1, -0.05) is 32.6 Å². The van der Waals surface area contributed by atoms with Crippen molar-refractivity contribution in [3.8, 4) is 5.75 Å². The number of aromatic nitrogens is 1. The summed E-state index contributed by atoms with van der Waals surface area (Å²) in [5.41, 5.74) is 7.11. The van der Waals surface area contributed by atoms with Crippen LogP contribution in [-0.2, 0) is 0 Å². The van der Waals surface area contributed by atoms with Gasteiger partial charge in [0.15, 0.2) is 0 Å². The van der Waals surface area contributed by atoms with E-state index in [2.05, 4.69) is 22.9 Å². The first-order valence-electron chi connectivity index (χ1n) is 8.38. The fraction of sp³-hybridized carbons (Fsp3) is 0.706. The van der Waals surface area contributed by atoms with E-state index in [0.29, 0.717) is 6.04 Å². The van der Waals surface area contributed by atoms with E-state index in [0.717, 1.165) is 50.4 Å². The molecule has 0 saturated carbocycles. The molecule has 2 N–H and O–H groups in total. The second-order valence-electron chi connectivity index (χ2n) is 5.97. The highest BCUT2D eigenvalue weighted by Crippen LogP contribution is 2.22. The van der Waals surface area contributed by atoms with Gasteiger partial charge in [-0.3, -0.25) is 4.98 Å². The molecule has 1 aromatic heterocycles. The topological polar surface area (TPSA) is 51.4 Å². The first-order chi connectivity index (χ1) is 10.3. The Bertz CT molecular complexity index is 403. The second kappa shape index (κ2) is 8.88. The molecule has 1 aliphatic heterocycles. The van der Waals surface area contributed by atoms with Gasteiger partial charge in [0.1, 0.15) is 5.75 Å². The van der Waals surface area contributed by atoms with Crippen molar-refractivity contribution >= 4 is 5.69 Å². The van der Waals surface area contributed by atoms with E-state index in [1.165, 1.54) is 25.7 Å². The van der Waals surface area contributed by atoms with Crippen molar-refractivity contribution < 1.29 is 4.74 Å². The molecule has 0 atom stereocenters. The van der Waals surface area contributed by atoms with Crippen LogP contribution >= 0.6 is 0 Å². The van der Waals surface area contributed by atoms with E-state index in [9.17, 15) is 0 Å². The lowest BCUT2D eigenvalue weighted by molar-refractivity contribution is 0.303. The summed E-state index contributed by atoms with van der Waals surface area (Å²) in [6.07, 6.45) is 12.2. The summed E-state index contributed by atoms with van der Waals surface area (Å²) in [5.74, 6) is 0.887. The Kier molecular flexibility index (Phi) is 6.80. The van der Waals surface area contributed by atoms with Crippen LogP contribution in [0.5, 0.6) is 5.75 Å². The molecule has 0 amide bonds. The summed E-state index contributed by atoms with van der Waals surface area (Å²) in [7, 11) is 0. The van der Waals surface area contributed by atoms with Gasteiger partial charge in [0.25, 0.3) is 0 Å². The fourth-order valence-corrected chi connectivity index (χ4v) is 2.71. The average molecular weight is 291 g/mol. The van der Waals surface area contributed by atoms with Crippen molar-refractivity contribution in [2.75, 3.05) is 24.6 Å². The molecule has 4 heteroatoms. The molecule has 1 fully saturated rings. The van der Waals surface area contributed by atoms with E-state index >= 15 is 0 Å². The van der Waals surface area contributed by atoms with Gasteiger partial charge >= 0.3 is 0 Å². The molecular formula is C17H29N3O. The predicted molar refractivity (Wildman–Crippen MR) is 87.9 cm³/mol. The number of nitrogens with two attached hydrogens (primary N) is 1. The first-order valence-corrected chi connectivity index (χ1v) is 8.38. The maximum atomic E-state index is 5.95. The Labute approximate surface area is 128 Å². The van der Waals surface area contributed by atoms with Crippen LogP contribution in [0.1, 0.15) is 51.9 Å². The molecule has 1 saturated heterocycles. The fourth-order valence-electron chi connectivity index (χ4n) is 2.71. The zero-order valence-corrected chi connectivity index (χ0v) is 13.3. The number of hydrogen-bond donors (Lipinski definition) is 1. The Balaban J connectivity index is 1.75. The van der Waals surface area contributed by atoms with Crippen molar-refractivity contribution in [1.82, 2.24) is 4.98 Å². The highest BCUT2D eigenvalue weighted by molar-refractivity contribution is 5.48. The van der Waals surface area contributed by atoms with Gasteiger partial charge < -0.3 is 15.4 Å². The number of nitrogens with zero attached hydrogens (tertiary/aromatic N) is 2. The average Bonchev–Trinajstić information content (AvgIpc) is 2.52. The quantitative estimate of drug-likeness (QED) is 0.746. The van der Waals surface area contributed by atoms with E-state index in [1.54, 1.807) is 0 Å². The van der Waals surface area contributed by atoms with E-state index in [-0.39, 0.29) is 0 Å². The molecule has 1 aromatic rings. The molecule has 118 valence electrons. The number of ether oxygens (including phenoxy) is 1. The molecule has 0 aliphatic carbocycles. The number of unbranched alkanes of at least 4 members (excludes halogenated alkanes) is 4. The standard InChI is InChI=1S/C17H29N3O/c1-2-3-4-5-6-11-21-17-12-16(13-19-14-17)20-9-7-15(18)8-10-20/h12-15H,2-11,18H2,1H3. The van der Waals surface area contributed by atoms with E-state index in [1.807, 2.05) is 12.4 Å². The SMILES string of the molecule is CCCCCCCOc1cncc(N2CCC(N)CC2)c1. The molecule has 0 bridgehead atoms. The van der Waals surface area contributed by atoms with Crippen LogP contribution in [0.15, 0.2) is 18.5 Å². The third-order valence-electron chi connectivity index (χ3n) is 4.12. The highest BCUT2D eigenvalue weighted by atomic mass is 16.5. The third kappa shape index (κ3) is 5.54. The van der Waals surface area contributed by atoms with Crippen molar-refractivity contribution in [3.63, 3.8) is 0 Å². The number of rotatable bonds is 8. The summed E-state index contributed by atoms with van der Waals surface area (Å²) >= 11 is 0. The zero-order chi connectivity index (χ0) is 14.9. The third-order valence-corrected chi connectivity index (χ3v) is 4.12. The molecule has 1 aliphatic rings. The zero-order valence-electron chi connectivity index (χ0n) is 13.3. The summed E-state index contributed by atoms with van der Waals surface area (Å²) < 4.78 is 5.82. The van der Waals surface area contributed by atoms with E-state index in [4.69, 9.17) is 10.5 Å². The maximum Gasteiger partial charge on any atom is 0.139 e. The number of anilines is 1. The van der Waals surface area contributed by atoms with E-state index < -0.39 is 0 Å². The lowest BCUT2D eigenvalue weighted by Gasteiger charge is -2.31. The molecule has 4 nitrogen and oxygen atoms in total. The molecule has 0 unspecified atom stereocenters. The van der Waals surface area contributed by atoms with Gasteiger partial charge in [0, 0.05) is 25.2 Å². The minimum absolute atomic E-state index is 0.358. The van der Waals surface area contributed by atoms with Crippen molar-refractivity contribution in [2.45, 2.75) is 57.9 Å². The monoisotopic (exact) mass is 291 g/mol. The van der Waals surface area contributed by atoms with Gasteiger partial charge in [-0.05, 0) is 19.3 Å². The lowest BCUT2D eigenvalue weighted by Crippen LogP contribution is -2.39. The van der Waals surface area contributed by atoms with Crippen molar-refractivity contribution in [3.05, 3.63) is 18.5 Å². The van der Waals surface area contributed by atoms with Gasteiger partial charge in [-0.25, -0.2) is 0 Å². The number of hydrogen-bond acceptors (Lipinski definition) is 4. The summed E-state index contributed by atoms with van der Waals surface area (Å²) in [5, 5.41) is 0. The minimum atomic E-state index is 0.358. The lowest BCUT2D eigenvalue weighted by atomic mass is 10.1. The largest absolute Gasteiger partial charge is 0.492 e. The van der Waals surface area contributed by atoms with Crippen LogP contribution in [-0.4, -0.2) is 30.7 Å². The Morgan fingerprint density at radius 1 is 1.19 bits per heavy atom. The highest BCUT2D eigenvalue weighted by Gasteiger charge is 2.16. The second-order valence-corrected chi connectivity index (χ2v) is 5.97. The summed E-state index contributed by atoms with van der Waals surface area (Å²) in [6.45, 7) is 5.06. The Morgan fingerprint density at radius 2 is 1.95 bits per heavy atom. The van der Waals surface area contributed by atoms with Crippen LogP contribution < -0.4 is 15.4 Å². The van der Waals surface area contributed by atoms with Gasteiger partial charge in [0.05, 0.1) is 24.7 Å². The summed E-state index contributed by atoms with van der Waals surface area (Å²) in [4.78, 5) is 6.66. The van der Waals surface area contributed by atoms with Crippen LogP contribution in [0.25, 0.3) is 0 Å². The molecule has 0 aromatic carbocycles. The minimum Gasteiger partial charge on any atom is -0.492 e. The van der Waals surface area contributed by atoms with Crippen LogP contribution in [0.3, 0.4) is 0 Å². The number of piperidine rings is 1. The normalized spacial score (nSPS) is 16.2. The van der Waals surface area contributed by atoms with Gasteiger partial charge in [-0.15, -0.1) is 0 Å². The van der Waals surface area contributed by atoms with Crippen LogP contribution in [0.2, 0.25) is 0 Å². The van der Waals surface area contributed by atoms with Gasteiger partial charge in [0.2, 0.25) is 0 Å². The van der Waals surface area contributed by atoms with Crippen molar-refractivity contribution in [2.24, 2.45) is 5.73 Å². The predicted octanol–water partition coefficient (Wildman–Crippen LogP) is 3.36. The molecule has 2 heterocycles. The number of pyridine rings is 1. The maximum absolute atomic E-state index is 5.95. The summed E-state index contributed by atoms with van der Waals surface area (Å²) in [6, 6.07) is 2.47. The Hall–Kier alpha value is -1.29. The van der Waals surface area contributed by atoms with Crippen molar-refractivity contribution in [1.29, 1.82) is 0 Å². The Morgan fingerprint density at radius 3 is 2.71 bits per heavy atom. The van der Waals surface area contributed by atoms with Crippen LogP contribution in [0.4, 0.5) is 5.69 Å². The smallest absolute Gasteiger partial charge is 0.139 e.